The molecule has 0 bridgehead atoms. The molecule has 0 unspecified atom stereocenters. The fraction of sp³-hybridized carbons (Fsp3) is 0.471. The summed E-state index contributed by atoms with van der Waals surface area (Å²) in [7, 11) is 0. The van der Waals surface area contributed by atoms with E-state index in [2.05, 4.69) is 23.8 Å². The molecule has 4 nitrogen and oxygen atoms in total. The Morgan fingerprint density at radius 3 is 1.29 bits per heavy atom. The number of hydrogen-bond donors (Lipinski definition) is 2. The van der Waals surface area contributed by atoms with Gasteiger partial charge in [0.05, 0.1) is 0 Å². The zero-order valence-corrected chi connectivity index (χ0v) is 23.5. The average Bonchev–Trinajstić information content (AvgIpc) is 2.93. The molecule has 0 radical (unpaired) electrons. The van der Waals surface area contributed by atoms with Crippen LogP contribution in [0.1, 0.15) is 102 Å². The van der Waals surface area contributed by atoms with Crippen LogP contribution in [0, 0.1) is 0 Å². The van der Waals surface area contributed by atoms with Gasteiger partial charge in [0.15, 0.2) is 10.9 Å². The normalized spacial score (nSPS) is 11.0. The van der Waals surface area contributed by atoms with Crippen LogP contribution in [0.2, 0.25) is 0 Å². The minimum atomic E-state index is 0.132. The molecule has 0 spiro atoms. The second-order valence-electron chi connectivity index (χ2n) is 10.4. The molecule has 204 valence electrons. The second-order valence-corrected chi connectivity index (χ2v) is 10.4. The van der Waals surface area contributed by atoms with Crippen LogP contribution in [0.25, 0.3) is 21.8 Å². The van der Waals surface area contributed by atoms with Gasteiger partial charge in [0, 0.05) is 45.3 Å². The van der Waals surface area contributed by atoms with Crippen LogP contribution in [0.15, 0.2) is 70.3 Å². The van der Waals surface area contributed by atoms with Gasteiger partial charge in [-0.15, -0.1) is 0 Å². The van der Waals surface area contributed by atoms with E-state index < -0.39 is 0 Å². The maximum Gasteiger partial charge on any atom is 0.189 e. The van der Waals surface area contributed by atoms with Gasteiger partial charge in [-0.05, 0) is 49.9 Å². The lowest BCUT2D eigenvalue weighted by Gasteiger charge is -2.04. The first-order chi connectivity index (χ1) is 18.6. The Morgan fingerprint density at radius 2 is 0.868 bits per heavy atom. The number of rotatable bonds is 14. The third kappa shape index (κ3) is 9.63. The van der Waals surface area contributed by atoms with Crippen LogP contribution in [0.5, 0.6) is 0 Å². The highest BCUT2D eigenvalue weighted by molar-refractivity contribution is 5.78. The van der Waals surface area contributed by atoms with Crippen molar-refractivity contribution < 1.29 is 0 Å². The van der Waals surface area contributed by atoms with Crippen molar-refractivity contribution in [2.45, 2.75) is 104 Å². The average molecular weight is 515 g/mol. The van der Waals surface area contributed by atoms with E-state index >= 15 is 0 Å². The third-order valence-corrected chi connectivity index (χ3v) is 7.19. The van der Waals surface area contributed by atoms with E-state index in [1.54, 1.807) is 12.1 Å². The molecular formula is C34H46N2O2. The number of H-pyrrole nitrogens is 2. The SMILES string of the molecule is CCCCCCCCCc1cc(=O)c2ccccc2[nH]1.CCCCCCCc1cc(=O)c2ccccc2[nH]1. The van der Waals surface area contributed by atoms with Crippen molar-refractivity contribution in [3.63, 3.8) is 0 Å². The molecule has 4 rings (SSSR count). The molecule has 0 aliphatic carbocycles. The summed E-state index contributed by atoms with van der Waals surface area (Å²) in [6.45, 7) is 4.47. The van der Waals surface area contributed by atoms with Crippen LogP contribution in [0.4, 0.5) is 0 Å². The summed E-state index contributed by atoms with van der Waals surface area (Å²) in [4.78, 5) is 30.6. The summed E-state index contributed by atoms with van der Waals surface area (Å²) in [5.74, 6) is 0. The van der Waals surface area contributed by atoms with E-state index in [0.29, 0.717) is 0 Å². The van der Waals surface area contributed by atoms with Gasteiger partial charge in [0.1, 0.15) is 0 Å². The second kappa shape index (κ2) is 16.7. The zero-order chi connectivity index (χ0) is 27.0. The van der Waals surface area contributed by atoms with Gasteiger partial charge in [-0.3, -0.25) is 9.59 Å². The molecule has 0 saturated carbocycles. The quantitative estimate of drug-likeness (QED) is 0.165. The monoisotopic (exact) mass is 514 g/mol. The predicted octanol–water partition coefficient (Wildman–Crippen LogP) is 8.86. The molecule has 2 aromatic carbocycles. The molecule has 2 N–H and O–H groups in total. The molecule has 0 atom stereocenters. The summed E-state index contributed by atoms with van der Waals surface area (Å²) in [5.41, 5.74) is 4.31. The smallest absolute Gasteiger partial charge is 0.189 e. The summed E-state index contributed by atoms with van der Waals surface area (Å²) in [6.07, 6.45) is 17.4. The van der Waals surface area contributed by atoms with E-state index in [9.17, 15) is 9.59 Å². The van der Waals surface area contributed by atoms with Gasteiger partial charge in [-0.1, -0.05) is 102 Å². The van der Waals surface area contributed by atoms with Crippen molar-refractivity contribution in [3.05, 3.63) is 92.5 Å². The van der Waals surface area contributed by atoms with Crippen molar-refractivity contribution in [2.24, 2.45) is 0 Å². The minimum absolute atomic E-state index is 0.132. The van der Waals surface area contributed by atoms with E-state index in [-0.39, 0.29) is 10.9 Å². The molecule has 38 heavy (non-hydrogen) atoms. The topological polar surface area (TPSA) is 65.7 Å². The van der Waals surface area contributed by atoms with Crippen LogP contribution in [0.3, 0.4) is 0 Å². The largest absolute Gasteiger partial charge is 0.358 e. The highest BCUT2D eigenvalue weighted by Gasteiger charge is 2.02. The molecule has 4 heteroatoms. The first-order valence-electron chi connectivity index (χ1n) is 14.8. The molecule has 0 saturated heterocycles. The van der Waals surface area contributed by atoms with Crippen molar-refractivity contribution >= 4 is 21.8 Å². The number of benzene rings is 2. The van der Waals surface area contributed by atoms with Gasteiger partial charge in [-0.25, -0.2) is 0 Å². The van der Waals surface area contributed by atoms with E-state index in [0.717, 1.165) is 52.5 Å². The maximum atomic E-state index is 12.0. The summed E-state index contributed by atoms with van der Waals surface area (Å²) < 4.78 is 0. The summed E-state index contributed by atoms with van der Waals surface area (Å²) in [5, 5.41) is 1.57. The van der Waals surface area contributed by atoms with Gasteiger partial charge >= 0.3 is 0 Å². The standard InChI is InChI=1S/C18H25NO.C16H21NO/c1-2-3-4-5-6-7-8-11-15-14-18(20)16-12-9-10-13-17(16)19-15;1-2-3-4-5-6-9-13-12-16(18)14-10-7-8-11-15(14)17-13/h9-10,12-14H,2-8,11H2,1H3,(H,19,20);7-8,10-12H,2-6,9H2,1H3,(H,17,18). The van der Waals surface area contributed by atoms with Crippen LogP contribution in [-0.4, -0.2) is 9.97 Å². The molecule has 2 heterocycles. The number of hydrogen-bond acceptors (Lipinski definition) is 2. The Hall–Kier alpha value is -3.14. The first-order valence-corrected chi connectivity index (χ1v) is 14.8. The number of aromatic amines is 2. The molecule has 2 aromatic heterocycles. The van der Waals surface area contributed by atoms with Crippen molar-refractivity contribution in [3.8, 4) is 0 Å². The number of pyridine rings is 2. The van der Waals surface area contributed by atoms with Crippen molar-refractivity contribution in [1.82, 2.24) is 9.97 Å². The van der Waals surface area contributed by atoms with Crippen molar-refractivity contribution in [1.29, 1.82) is 0 Å². The maximum absolute atomic E-state index is 12.0. The highest BCUT2D eigenvalue weighted by atomic mass is 16.1. The number of aromatic nitrogens is 2. The first kappa shape index (κ1) is 29.4. The zero-order valence-electron chi connectivity index (χ0n) is 23.5. The van der Waals surface area contributed by atoms with Gasteiger partial charge in [0.2, 0.25) is 0 Å². The lowest BCUT2D eigenvalue weighted by molar-refractivity contribution is 0.587. The van der Waals surface area contributed by atoms with E-state index in [1.165, 1.54) is 70.6 Å². The van der Waals surface area contributed by atoms with Gasteiger partial charge in [0.25, 0.3) is 0 Å². The van der Waals surface area contributed by atoms with Crippen LogP contribution in [-0.2, 0) is 12.8 Å². The third-order valence-electron chi connectivity index (χ3n) is 7.19. The fourth-order valence-corrected chi connectivity index (χ4v) is 4.96. The molecule has 0 aliphatic rings. The minimum Gasteiger partial charge on any atom is -0.358 e. The number of aryl methyl sites for hydroxylation is 2. The molecule has 0 fully saturated rings. The number of nitrogens with one attached hydrogen (secondary N) is 2. The van der Waals surface area contributed by atoms with Gasteiger partial charge < -0.3 is 9.97 Å². The molecular weight excluding hydrogens is 468 g/mol. The van der Waals surface area contributed by atoms with Crippen LogP contribution >= 0.6 is 0 Å². The number of unbranched alkanes of at least 4 members (excludes halogenated alkanes) is 10. The molecule has 4 aromatic rings. The Balaban J connectivity index is 0.000000212. The van der Waals surface area contributed by atoms with E-state index in [4.69, 9.17) is 0 Å². The Kier molecular flexibility index (Phi) is 12.9. The lowest BCUT2D eigenvalue weighted by atomic mass is 10.1. The lowest BCUT2D eigenvalue weighted by Crippen LogP contribution is -2.05. The van der Waals surface area contributed by atoms with Crippen LogP contribution < -0.4 is 10.9 Å². The molecule has 0 aliphatic heterocycles. The Morgan fingerprint density at radius 1 is 0.500 bits per heavy atom. The number of fused-ring (bicyclic) bond motifs is 2. The highest BCUT2D eigenvalue weighted by Crippen LogP contribution is 2.13. The van der Waals surface area contributed by atoms with E-state index in [1.807, 2.05) is 48.5 Å². The van der Waals surface area contributed by atoms with Crippen molar-refractivity contribution in [2.75, 3.05) is 0 Å². The predicted molar refractivity (Wildman–Crippen MR) is 163 cm³/mol. The molecule has 0 amide bonds. The summed E-state index contributed by atoms with van der Waals surface area (Å²) in [6, 6.07) is 19.0. The fourth-order valence-electron chi connectivity index (χ4n) is 4.96. The number of para-hydroxylation sites is 2. The summed E-state index contributed by atoms with van der Waals surface area (Å²) >= 11 is 0. The van der Waals surface area contributed by atoms with Gasteiger partial charge in [-0.2, -0.15) is 0 Å². The Labute approximate surface area is 227 Å². The Bertz CT molecular complexity index is 1350.